The Kier molecular flexibility index (Phi) is 2.97. The summed E-state index contributed by atoms with van der Waals surface area (Å²) in [6, 6.07) is 5.84. The number of esters is 1. The lowest BCUT2D eigenvalue weighted by Crippen LogP contribution is -2.28. The fourth-order valence-corrected chi connectivity index (χ4v) is 2.42. The lowest BCUT2D eigenvalue weighted by molar-refractivity contribution is -0.150. The van der Waals surface area contributed by atoms with Gasteiger partial charge >= 0.3 is 5.97 Å². The molecule has 0 bridgehead atoms. The lowest BCUT2D eigenvalue weighted by Gasteiger charge is -2.29. The Morgan fingerprint density at radius 3 is 2.94 bits per heavy atom. The average molecular weight is 220 g/mol. The first-order chi connectivity index (χ1) is 7.65. The first-order valence-corrected chi connectivity index (χ1v) is 5.49. The van der Waals surface area contributed by atoms with E-state index in [0.29, 0.717) is 6.42 Å². The van der Waals surface area contributed by atoms with Crippen molar-refractivity contribution in [2.75, 3.05) is 7.11 Å². The number of ether oxygens (including phenoxy) is 1. The fourth-order valence-electron chi connectivity index (χ4n) is 2.42. The molecule has 3 nitrogen and oxygen atoms in total. The minimum absolute atomic E-state index is 0.320. The van der Waals surface area contributed by atoms with Gasteiger partial charge < -0.3 is 9.84 Å². The largest absolute Gasteiger partial charge is 0.469 e. The molecule has 2 rings (SSSR count). The van der Waals surface area contributed by atoms with Crippen molar-refractivity contribution in [3.63, 3.8) is 0 Å². The van der Waals surface area contributed by atoms with Gasteiger partial charge in [0.25, 0.3) is 0 Å². The normalized spacial score (nSPS) is 23.7. The third kappa shape index (κ3) is 1.71. The van der Waals surface area contributed by atoms with Crippen molar-refractivity contribution in [3.8, 4) is 0 Å². The maximum atomic E-state index is 11.5. The van der Waals surface area contributed by atoms with Crippen molar-refractivity contribution in [2.45, 2.75) is 25.9 Å². The maximum Gasteiger partial charge on any atom is 0.311 e. The van der Waals surface area contributed by atoms with Gasteiger partial charge in [-0.3, -0.25) is 4.79 Å². The van der Waals surface area contributed by atoms with Gasteiger partial charge in [0.05, 0.1) is 19.1 Å². The van der Waals surface area contributed by atoms with Crippen LogP contribution in [0.1, 0.15) is 29.2 Å². The summed E-state index contributed by atoms with van der Waals surface area (Å²) in [5, 5.41) is 10.1. The molecule has 1 aromatic rings. The number of aryl methyl sites for hydroxylation is 1. The Morgan fingerprint density at radius 1 is 1.50 bits per heavy atom. The molecule has 1 aromatic carbocycles. The summed E-state index contributed by atoms with van der Waals surface area (Å²) in [6.07, 6.45) is 0.765. The predicted octanol–water partition coefficient (Wildman–Crippen LogP) is 1.76. The van der Waals surface area contributed by atoms with E-state index in [0.717, 1.165) is 12.0 Å². The molecule has 0 aliphatic heterocycles. The summed E-state index contributed by atoms with van der Waals surface area (Å²) in [5.74, 6) is -0.737. The van der Waals surface area contributed by atoms with Crippen molar-refractivity contribution < 1.29 is 14.6 Å². The molecule has 1 aliphatic rings. The Balaban J connectivity index is 2.36. The van der Waals surface area contributed by atoms with Crippen LogP contribution in [0, 0.1) is 12.8 Å². The van der Waals surface area contributed by atoms with Crippen molar-refractivity contribution in [1.82, 2.24) is 0 Å². The molecule has 0 radical (unpaired) electrons. The van der Waals surface area contributed by atoms with Crippen LogP contribution >= 0.6 is 0 Å². The monoisotopic (exact) mass is 220 g/mol. The number of hydrogen-bond acceptors (Lipinski definition) is 3. The molecule has 3 heteroatoms. The highest BCUT2D eigenvalue weighted by Gasteiger charge is 2.34. The summed E-state index contributed by atoms with van der Waals surface area (Å²) < 4.78 is 4.71. The summed E-state index contributed by atoms with van der Waals surface area (Å²) >= 11 is 0. The molecule has 0 heterocycles. The summed E-state index contributed by atoms with van der Waals surface area (Å²) in [5.41, 5.74) is 3.23. The van der Waals surface area contributed by atoms with E-state index in [1.807, 2.05) is 25.1 Å². The van der Waals surface area contributed by atoms with E-state index >= 15 is 0 Å². The molecule has 1 N–H and O–H groups in total. The van der Waals surface area contributed by atoms with E-state index in [1.54, 1.807) is 0 Å². The van der Waals surface area contributed by atoms with Crippen molar-refractivity contribution >= 4 is 5.97 Å². The van der Waals surface area contributed by atoms with Crippen LogP contribution < -0.4 is 0 Å². The van der Waals surface area contributed by atoms with Gasteiger partial charge in [-0.25, -0.2) is 0 Å². The van der Waals surface area contributed by atoms with Gasteiger partial charge in [-0.05, 0) is 36.5 Å². The Labute approximate surface area is 95.0 Å². The predicted molar refractivity (Wildman–Crippen MR) is 60.0 cm³/mol. The highest BCUT2D eigenvalue weighted by Crippen LogP contribution is 2.36. The van der Waals surface area contributed by atoms with Gasteiger partial charge in [-0.2, -0.15) is 0 Å². The molecule has 0 amide bonds. The molecule has 2 unspecified atom stereocenters. The summed E-state index contributed by atoms with van der Waals surface area (Å²) in [7, 11) is 1.36. The number of fused-ring (bicyclic) bond motifs is 1. The second-order valence-corrected chi connectivity index (χ2v) is 4.26. The van der Waals surface area contributed by atoms with E-state index < -0.39 is 12.0 Å². The molecular weight excluding hydrogens is 204 g/mol. The SMILES string of the molecule is COC(=O)C1CCc2c(C)cccc2C1O. The highest BCUT2D eigenvalue weighted by atomic mass is 16.5. The van der Waals surface area contributed by atoms with Crippen molar-refractivity contribution in [1.29, 1.82) is 0 Å². The third-order valence-electron chi connectivity index (χ3n) is 3.36. The molecule has 0 saturated heterocycles. The van der Waals surface area contributed by atoms with E-state index in [2.05, 4.69) is 0 Å². The van der Waals surface area contributed by atoms with Crippen LogP contribution in [0.25, 0.3) is 0 Å². The van der Waals surface area contributed by atoms with Crippen molar-refractivity contribution in [2.24, 2.45) is 5.92 Å². The van der Waals surface area contributed by atoms with Gasteiger partial charge in [-0.1, -0.05) is 18.2 Å². The fraction of sp³-hybridized carbons (Fsp3) is 0.462. The molecule has 16 heavy (non-hydrogen) atoms. The van der Waals surface area contributed by atoms with Crippen LogP contribution in [0.4, 0.5) is 0 Å². The zero-order valence-electron chi connectivity index (χ0n) is 9.56. The molecule has 0 aromatic heterocycles. The van der Waals surface area contributed by atoms with Gasteiger partial charge in [0.1, 0.15) is 0 Å². The van der Waals surface area contributed by atoms with E-state index in [-0.39, 0.29) is 5.97 Å². The molecular formula is C13H16O3. The third-order valence-corrected chi connectivity index (χ3v) is 3.36. The highest BCUT2D eigenvalue weighted by molar-refractivity contribution is 5.74. The van der Waals surface area contributed by atoms with Crippen molar-refractivity contribution in [3.05, 3.63) is 34.9 Å². The smallest absolute Gasteiger partial charge is 0.311 e. The van der Waals surface area contributed by atoms with E-state index in [9.17, 15) is 9.90 Å². The molecule has 86 valence electrons. The zero-order valence-corrected chi connectivity index (χ0v) is 9.56. The first kappa shape index (κ1) is 11.1. The second kappa shape index (κ2) is 4.26. The second-order valence-electron chi connectivity index (χ2n) is 4.26. The van der Waals surface area contributed by atoms with Crippen LogP contribution in [-0.4, -0.2) is 18.2 Å². The maximum absolute atomic E-state index is 11.5. The van der Waals surface area contributed by atoms with Gasteiger partial charge in [0, 0.05) is 0 Å². The lowest BCUT2D eigenvalue weighted by atomic mass is 9.80. The van der Waals surface area contributed by atoms with Crippen LogP contribution in [-0.2, 0) is 16.0 Å². The number of aliphatic hydroxyl groups excluding tert-OH is 1. The number of hydrogen-bond donors (Lipinski definition) is 1. The number of methoxy groups -OCH3 is 1. The minimum Gasteiger partial charge on any atom is -0.469 e. The Morgan fingerprint density at radius 2 is 2.25 bits per heavy atom. The molecule has 0 fully saturated rings. The van der Waals surface area contributed by atoms with Crippen LogP contribution in [0.5, 0.6) is 0 Å². The van der Waals surface area contributed by atoms with Gasteiger partial charge in [0.2, 0.25) is 0 Å². The number of rotatable bonds is 1. The zero-order chi connectivity index (χ0) is 11.7. The summed E-state index contributed by atoms with van der Waals surface area (Å²) in [6.45, 7) is 2.03. The first-order valence-electron chi connectivity index (χ1n) is 5.49. The molecule has 0 spiro atoms. The Hall–Kier alpha value is -1.35. The van der Waals surface area contributed by atoms with Crippen LogP contribution in [0.15, 0.2) is 18.2 Å². The van der Waals surface area contributed by atoms with E-state index in [1.165, 1.54) is 18.2 Å². The number of benzene rings is 1. The summed E-state index contributed by atoms with van der Waals surface area (Å²) in [4.78, 5) is 11.5. The topological polar surface area (TPSA) is 46.5 Å². The van der Waals surface area contributed by atoms with Gasteiger partial charge in [-0.15, -0.1) is 0 Å². The van der Waals surface area contributed by atoms with Crippen LogP contribution in [0.3, 0.4) is 0 Å². The van der Waals surface area contributed by atoms with Gasteiger partial charge in [0.15, 0.2) is 0 Å². The minimum atomic E-state index is -0.726. The van der Waals surface area contributed by atoms with E-state index in [4.69, 9.17) is 4.74 Å². The Bertz CT molecular complexity index is 412. The molecule has 2 atom stereocenters. The number of carbonyl (C=O) groups excluding carboxylic acids is 1. The standard InChI is InChI=1S/C13H16O3/c1-8-4-3-5-10-9(8)6-7-11(12(10)14)13(15)16-2/h3-5,11-12,14H,6-7H2,1-2H3. The quantitative estimate of drug-likeness (QED) is 0.734. The molecule has 0 saturated carbocycles. The molecule has 1 aliphatic carbocycles. The average Bonchev–Trinajstić information content (AvgIpc) is 2.30. The van der Waals surface area contributed by atoms with Crippen LogP contribution in [0.2, 0.25) is 0 Å². The number of carbonyl (C=O) groups is 1. The number of aliphatic hydroxyl groups is 1.